The lowest BCUT2D eigenvalue weighted by Crippen LogP contribution is -2.35. The molecule has 1 aromatic carbocycles. The largest absolute Gasteiger partial charge is 0.437 e. The summed E-state index contributed by atoms with van der Waals surface area (Å²) in [5.41, 5.74) is 9.02. The van der Waals surface area contributed by atoms with Crippen molar-refractivity contribution in [2.75, 3.05) is 0 Å². The van der Waals surface area contributed by atoms with Crippen molar-refractivity contribution in [2.24, 2.45) is 0 Å². The Morgan fingerprint density at radius 2 is 1.82 bits per heavy atom. The highest BCUT2D eigenvalue weighted by Crippen LogP contribution is 2.39. The van der Waals surface area contributed by atoms with E-state index in [9.17, 15) is 0 Å². The van der Waals surface area contributed by atoms with Gasteiger partial charge in [0.25, 0.3) is 0 Å². The maximum absolute atomic E-state index is 6.53. The van der Waals surface area contributed by atoms with Crippen LogP contribution in [0.25, 0.3) is 39.0 Å². The molecule has 0 unspecified atom stereocenters. The number of nitrogens with zero attached hydrogens (tertiary/aromatic N) is 2. The molecule has 3 nitrogen and oxygen atoms in total. The van der Waals surface area contributed by atoms with Gasteiger partial charge in [0, 0.05) is 35.0 Å². The highest BCUT2D eigenvalue weighted by Gasteiger charge is 2.27. The molecule has 1 saturated carbocycles. The second-order valence-corrected chi connectivity index (χ2v) is 10.0. The molecule has 0 aliphatic heterocycles. The van der Waals surface area contributed by atoms with E-state index in [2.05, 4.69) is 67.6 Å². The molecule has 0 amide bonds. The van der Waals surface area contributed by atoms with Gasteiger partial charge in [-0.3, -0.25) is 0 Å². The number of fused-ring (bicyclic) bond motifs is 3. The maximum atomic E-state index is 6.53. The Kier molecular flexibility index (Phi) is 6.54. The van der Waals surface area contributed by atoms with E-state index in [-0.39, 0.29) is 0 Å². The van der Waals surface area contributed by atoms with Crippen LogP contribution in [0.1, 0.15) is 88.0 Å². The molecule has 3 heteroatoms. The van der Waals surface area contributed by atoms with Crippen molar-refractivity contribution in [2.45, 2.75) is 84.5 Å². The number of rotatable bonds is 7. The Hall–Kier alpha value is -2.94. The van der Waals surface area contributed by atoms with Crippen LogP contribution in [0.4, 0.5) is 0 Å². The highest BCUT2D eigenvalue weighted by molar-refractivity contribution is 6.08. The molecule has 3 aromatic heterocycles. The molecule has 1 aliphatic carbocycles. The van der Waals surface area contributed by atoms with Gasteiger partial charge < -0.3 is 4.42 Å². The van der Waals surface area contributed by atoms with Gasteiger partial charge in [-0.1, -0.05) is 51.7 Å². The molecule has 0 spiro atoms. The van der Waals surface area contributed by atoms with E-state index in [1.165, 1.54) is 54.5 Å². The summed E-state index contributed by atoms with van der Waals surface area (Å²) in [5, 5.41) is 2.24. The third kappa shape index (κ3) is 4.17. The van der Waals surface area contributed by atoms with Crippen LogP contribution in [-0.4, -0.2) is 4.98 Å². The van der Waals surface area contributed by atoms with Crippen LogP contribution in [0.3, 0.4) is 0 Å². The quantitative estimate of drug-likeness (QED) is 0.262. The molecule has 176 valence electrons. The van der Waals surface area contributed by atoms with Gasteiger partial charge in [0.05, 0.1) is 5.56 Å². The van der Waals surface area contributed by atoms with Crippen molar-refractivity contribution in [1.82, 2.24) is 4.98 Å². The second-order valence-electron chi connectivity index (χ2n) is 10.0. The zero-order valence-corrected chi connectivity index (χ0v) is 21.0. The van der Waals surface area contributed by atoms with Gasteiger partial charge in [0.15, 0.2) is 17.5 Å². The van der Waals surface area contributed by atoms with Gasteiger partial charge in [-0.25, -0.2) is 4.98 Å². The van der Waals surface area contributed by atoms with E-state index < -0.39 is 0 Å². The normalized spacial score (nSPS) is 14.8. The number of hydrogen-bond donors (Lipinski definition) is 0. The molecule has 4 aromatic rings. The SMILES string of the molecule is C=C(CCC)[n+]1ccc(C2CCCCC2)cc1-c1c(CCC)ccc2c1oc1nc(C)ccc12. The minimum Gasteiger partial charge on any atom is -0.437 e. The van der Waals surface area contributed by atoms with Gasteiger partial charge in [-0.2, -0.15) is 4.57 Å². The maximum Gasteiger partial charge on any atom is 0.227 e. The van der Waals surface area contributed by atoms with E-state index >= 15 is 0 Å². The van der Waals surface area contributed by atoms with Gasteiger partial charge in [0.1, 0.15) is 0 Å². The van der Waals surface area contributed by atoms with Gasteiger partial charge in [-0.05, 0) is 68.4 Å². The Morgan fingerprint density at radius 1 is 1.03 bits per heavy atom. The summed E-state index contributed by atoms with van der Waals surface area (Å²) >= 11 is 0. The number of pyridine rings is 2. The lowest BCUT2D eigenvalue weighted by molar-refractivity contribution is -0.571. The summed E-state index contributed by atoms with van der Waals surface area (Å²) in [6, 6.07) is 13.5. The minimum atomic E-state index is 0.649. The van der Waals surface area contributed by atoms with Crippen LogP contribution in [-0.2, 0) is 6.42 Å². The average Bonchev–Trinajstić information content (AvgIpc) is 3.22. The van der Waals surface area contributed by atoms with E-state index in [4.69, 9.17) is 9.40 Å². The zero-order chi connectivity index (χ0) is 23.7. The predicted octanol–water partition coefficient (Wildman–Crippen LogP) is 8.51. The number of furan rings is 1. The molecule has 0 bridgehead atoms. The molecular formula is C31H37N2O+. The Bertz CT molecular complexity index is 1340. The van der Waals surface area contributed by atoms with Crippen molar-refractivity contribution in [1.29, 1.82) is 0 Å². The van der Waals surface area contributed by atoms with Crippen LogP contribution in [0.2, 0.25) is 0 Å². The summed E-state index contributed by atoms with van der Waals surface area (Å²) in [6.45, 7) is 11.0. The monoisotopic (exact) mass is 453 g/mol. The van der Waals surface area contributed by atoms with Crippen LogP contribution >= 0.6 is 0 Å². The fourth-order valence-corrected chi connectivity index (χ4v) is 5.70. The molecule has 1 aliphatic rings. The molecule has 0 saturated heterocycles. The predicted molar refractivity (Wildman–Crippen MR) is 142 cm³/mol. The molecule has 0 radical (unpaired) electrons. The number of allylic oxidation sites excluding steroid dienone is 1. The standard InChI is InChI=1S/C31H37N2O/c1-5-10-22(4)33-19-18-25(23-12-8-7-9-13-23)20-28(33)29-24(11-6-2)15-17-26-27-16-14-21(3)32-31(27)34-30(26)29/h14-20,23H,4-13H2,1-3H3/q+1. The van der Waals surface area contributed by atoms with Gasteiger partial charge >= 0.3 is 0 Å². The van der Waals surface area contributed by atoms with Crippen LogP contribution < -0.4 is 4.57 Å². The third-order valence-corrected chi connectivity index (χ3v) is 7.44. The summed E-state index contributed by atoms with van der Waals surface area (Å²) in [4.78, 5) is 4.71. The molecule has 34 heavy (non-hydrogen) atoms. The summed E-state index contributed by atoms with van der Waals surface area (Å²) in [6.07, 6.45) is 13.0. The molecule has 3 heterocycles. The Labute approximate surface area is 203 Å². The number of benzene rings is 1. The second kappa shape index (κ2) is 9.74. The third-order valence-electron chi connectivity index (χ3n) is 7.44. The first-order chi connectivity index (χ1) is 16.6. The first-order valence-corrected chi connectivity index (χ1v) is 13.2. The number of hydrogen-bond acceptors (Lipinski definition) is 2. The molecular weight excluding hydrogens is 416 g/mol. The topological polar surface area (TPSA) is 29.9 Å². The lowest BCUT2D eigenvalue weighted by atomic mass is 9.83. The summed E-state index contributed by atoms with van der Waals surface area (Å²) in [5.74, 6) is 0.649. The van der Waals surface area contributed by atoms with Crippen LogP contribution in [0, 0.1) is 6.92 Å². The van der Waals surface area contributed by atoms with Crippen LogP contribution in [0.5, 0.6) is 0 Å². The first-order valence-electron chi connectivity index (χ1n) is 13.2. The molecule has 1 fully saturated rings. The smallest absolute Gasteiger partial charge is 0.227 e. The number of aryl methyl sites for hydroxylation is 2. The average molecular weight is 454 g/mol. The van der Waals surface area contributed by atoms with Gasteiger partial charge in [-0.15, -0.1) is 0 Å². The fraction of sp³-hybridized carbons (Fsp3) is 0.419. The summed E-state index contributed by atoms with van der Waals surface area (Å²) < 4.78 is 8.85. The summed E-state index contributed by atoms with van der Waals surface area (Å²) in [7, 11) is 0. The van der Waals surface area contributed by atoms with Gasteiger partial charge in [0.2, 0.25) is 11.4 Å². The van der Waals surface area contributed by atoms with E-state index in [1.807, 2.05) is 6.92 Å². The zero-order valence-electron chi connectivity index (χ0n) is 21.0. The number of aromatic nitrogens is 2. The van der Waals surface area contributed by atoms with Crippen LogP contribution in [0.15, 0.2) is 53.6 Å². The van der Waals surface area contributed by atoms with Crippen molar-refractivity contribution < 1.29 is 8.98 Å². The lowest BCUT2D eigenvalue weighted by Gasteiger charge is -2.22. The Morgan fingerprint density at radius 3 is 2.59 bits per heavy atom. The first kappa shape index (κ1) is 22.8. The molecule has 0 atom stereocenters. The van der Waals surface area contributed by atoms with E-state index in [1.54, 1.807) is 0 Å². The van der Waals surface area contributed by atoms with Crippen molar-refractivity contribution >= 4 is 27.8 Å². The highest BCUT2D eigenvalue weighted by atomic mass is 16.3. The fourth-order valence-electron chi connectivity index (χ4n) is 5.70. The van der Waals surface area contributed by atoms with E-state index in [0.717, 1.165) is 59.1 Å². The Balaban J connectivity index is 1.79. The molecule has 5 rings (SSSR count). The molecule has 0 N–H and O–H groups in total. The van der Waals surface area contributed by atoms with Crippen molar-refractivity contribution in [3.63, 3.8) is 0 Å². The van der Waals surface area contributed by atoms with E-state index in [0.29, 0.717) is 5.92 Å². The van der Waals surface area contributed by atoms with Crippen molar-refractivity contribution in [3.05, 3.63) is 66.0 Å². The minimum absolute atomic E-state index is 0.649. The van der Waals surface area contributed by atoms with Crippen molar-refractivity contribution in [3.8, 4) is 11.3 Å².